The van der Waals surface area contributed by atoms with Crippen molar-refractivity contribution in [1.29, 1.82) is 0 Å². The Kier molecular flexibility index (Phi) is 7.11. The number of nitrogens with one attached hydrogen (secondary N) is 1. The first-order valence-electron chi connectivity index (χ1n) is 8.87. The molecule has 152 valence electrons. The fourth-order valence-electron chi connectivity index (χ4n) is 2.81. The van der Waals surface area contributed by atoms with Gasteiger partial charge in [-0.25, -0.2) is 4.99 Å². The number of hydrogen-bond acceptors (Lipinski definition) is 4. The van der Waals surface area contributed by atoms with E-state index in [1.54, 1.807) is 29.2 Å². The summed E-state index contributed by atoms with van der Waals surface area (Å²) >= 11 is 19.5. The summed E-state index contributed by atoms with van der Waals surface area (Å²) in [6.45, 7) is 4.20. The van der Waals surface area contributed by atoms with Crippen molar-refractivity contribution in [3.05, 3.63) is 57.0 Å². The molecule has 1 aliphatic rings. The summed E-state index contributed by atoms with van der Waals surface area (Å²) in [7, 11) is 0. The van der Waals surface area contributed by atoms with Crippen molar-refractivity contribution in [3.8, 4) is 0 Å². The fraction of sp³-hybridized carbons (Fsp3) is 0.250. The number of rotatable bonds is 5. The van der Waals surface area contributed by atoms with E-state index in [2.05, 4.69) is 10.3 Å². The van der Waals surface area contributed by atoms with Crippen LogP contribution in [0.3, 0.4) is 0 Å². The Morgan fingerprint density at radius 1 is 1.17 bits per heavy atom. The third-order valence-electron chi connectivity index (χ3n) is 4.39. The number of hydrogen-bond donors (Lipinski definition) is 1. The monoisotopic (exact) mass is 469 g/mol. The molecule has 0 aliphatic carbocycles. The van der Waals surface area contributed by atoms with Gasteiger partial charge in [0.25, 0.3) is 0 Å². The van der Waals surface area contributed by atoms with Crippen molar-refractivity contribution in [1.82, 2.24) is 4.90 Å². The van der Waals surface area contributed by atoms with Crippen LogP contribution >= 0.6 is 46.6 Å². The minimum atomic E-state index is -0.564. The quantitative estimate of drug-likeness (QED) is 0.588. The molecule has 1 heterocycles. The van der Waals surface area contributed by atoms with Gasteiger partial charge >= 0.3 is 0 Å². The number of benzene rings is 2. The summed E-state index contributed by atoms with van der Waals surface area (Å²) in [5.41, 5.74) is 1.94. The highest BCUT2D eigenvalue weighted by molar-refractivity contribution is 8.15. The zero-order valence-electron chi connectivity index (χ0n) is 15.7. The molecule has 1 saturated heterocycles. The van der Waals surface area contributed by atoms with Gasteiger partial charge in [-0.1, -0.05) is 58.7 Å². The van der Waals surface area contributed by atoms with E-state index < -0.39 is 5.25 Å². The first-order valence-corrected chi connectivity index (χ1v) is 10.9. The molecule has 3 rings (SSSR count). The van der Waals surface area contributed by atoms with E-state index in [-0.39, 0.29) is 23.3 Å². The van der Waals surface area contributed by atoms with Crippen molar-refractivity contribution in [3.63, 3.8) is 0 Å². The highest BCUT2D eigenvalue weighted by atomic mass is 35.5. The molecule has 0 aromatic heterocycles. The van der Waals surface area contributed by atoms with E-state index in [1.807, 2.05) is 26.0 Å². The number of nitrogens with zero attached hydrogens (tertiary/aromatic N) is 2. The van der Waals surface area contributed by atoms with Crippen LogP contribution in [0.2, 0.25) is 15.1 Å². The number of anilines is 1. The molecule has 1 atom stereocenters. The second-order valence-electron chi connectivity index (χ2n) is 6.32. The second-order valence-corrected chi connectivity index (χ2v) is 8.68. The lowest BCUT2D eigenvalue weighted by atomic mass is 10.2. The van der Waals surface area contributed by atoms with E-state index in [0.717, 1.165) is 5.56 Å². The van der Waals surface area contributed by atoms with E-state index in [0.29, 0.717) is 33.1 Å². The Balaban J connectivity index is 1.76. The molecule has 1 fully saturated rings. The summed E-state index contributed by atoms with van der Waals surface area (Å²) in [6.07, 6.45) is -0.00358. The molecular weight excluding hydrogens is 453 g/mol. The van der Waals surface area contributed by atoms with E-state index in [1.165, 1.54) is 11.8 Å². The summed E-state index contributed by atoms with van der Waals surface area (Å²) in [4.78, 5) is 31.4. The average molecular weight is 471 g/mol. The molecule has 1 aliphatic heterocycles. The number of carbonyl (C=O) groups is 2. The zero-order valence-corrected chi connectivity index (χ0v) is 18.8. The Morgan fingerprint density at radius 2 is 1.86 bits per heavy atom. The van der Waals surface area contributed by atoms with E-state index >= 15 is 0 Å². The van der Waals surface area contributed by atoms with Gasteiger partial charge in [0.05, 0.1) is 21.4 Å². The highest BCUT2D eigenvalue weighted by Gasteiger charge is 2.38. The van der Waals surface area contributed by atoms with Gasteiger partial charge in [0.15, 0.2) is 5.17 Å². The van der Waals surface area contributed by atoms with E-state index in [4.69, 9.17) is 34.8 Å². The van der Waals surface area contributed by atoms with Crippen molar-refractivity contribution in [2.45, 2.75) is 25.5 Å². The first-order chi connectivity index (χ1) is 13.8. The summed E-state index contributed by atoms with van der Waals surface area (Å²) < 4.78 is 0. The molecule has 2 aromatic carbocycles. The third kappa shape index (κ3) is 4.89. The topological polar surface area (TPSA) is 61.8 Å². The van der Waals surface area contributed by atoms with Crippen molar-refractivity contribution in [2.75, 3.05) is 11.9 Å². The Hall–Kier alpha value is -1.73. The van der Waals surface area contributed by atoms with Gasteiger partial charge in [-0.2, -0.15) is 0 Å². The van der Waals surface area contributed by atoms with Crippen LogP contribution in [0.25, 0.3) is 0 Å². The molecular formula is C20H18Cl3N3O2S. The van der Waals surface area contributed by atoms with Gasteiger partial charge in [-0.3, -0.25) is 14.5 Å². The van der Waals surface area contributed by atoms with Crippen molar-refractivity contribution in [2.24, 2.45) is 4.99 Å². The van der Waals surface area contributed by atoms with Gasteiger partial charge in [0.2, 0.25) is 11.8 Å². The molecule has 1 unspecified atom stereocenters. The molecule has 2 aromatic rings. The molecule has 0 spiro atoms. The van der Waals surface area contributed by atoms with Crippen LogP contribution in [0.5, 0.6) is 0 Å². The molecule has 2 amide bonds. The maximum atomic E-state index is 12.8. The first kappa shape index (κ1) is 22.0. The largest absolute Gasteiger partial charge is 0.325 e. The molecule has 0 bridgehead atoms. The predicted molar refractivity (Wildman–Crippen MR) is 122 cm³/mol. The van der Waals surface area contributed by atoms with Gasteiger partial charge in [0.1, 0.15) is 5.25 Å². The zero-order chi connectivity index (χ0) is 21.1. The lowest BCUT2D eigenvalue weighted by molar-refractivity contribution is -0.128. The Labute approximate surface area is 188 Å². The maximum Gasteiger partial charge on any atom is 0.242 e. The van der Waals surface area contributed by atoms with Crippen LogP contribution in [0.15, 0.2) is 41.4 Å². The van der Waals surface area contributed by atoms with Crippen LogP contribution in [0, 0.1) is 6.92 Å². The van der Waals surface area contributed by atoms with Gasteiger partial charge in [0, 0.05) is 18.0 Å². The van der Waals surface area contributed by atoms with Crippen LogP contribution < -0.4 is 5.32 Å². The van der Waals surface area contributed by atoms with Crippen LogP contribution in [-0.2, 0) is 9.59 Å². The third-order valence-corrected chi connectivity index (χ3v) is 6.79. The summed E-state index contributed by atoms with van der Waals surface area (Å²) in [6, 6.07) is 10.4. The van der Waals surface area contributed by atoms with Crippen molar-refractivity contribution < 1.29 is 9.59 Å². The molecule has 0 saturated carbocycles. The number of carbonyl (C=O) groups excluding carboxylic acids is 2. The van der Waals surface area contributed by atoms with Crippen molar-refractivity contribution >= 4 is 74.9 Å². The minimum Gasteiger partial charge on any atom is -0.325 e. The molecule has 0 radical (unpaired) electrons. The SMILES string of the molecule is CCN1C(=O)C(CC(=O)Nc2cccc(Cl)c2Cl)SC1=Nc1cccc(Cl)c1C. The van der Waals surface area contributed by atoms with Crippen LogP contribution in [0.4, 0.5) is 11.4 Å². The smallest absolute Gasteiger partial charge is 0.242 e. The molecule has 29 heavy (non-hydrogen) atoms. The number of amidine groups is 1. The van der Waals surface area contributed by atoms with Gasteiger partial charge < -0.3 is 5.32 Å². The maximum absolute atomic E-state index is 12.8. The summed E-state index contributed by atoms with van der Waals surface area (Å²) in [5.74, 6) is -0.473. The standard InChI is InChI=1S/C20H18Cl3N3O2S/c1-3-26-19(28)16(10-17(27)24-15-9-5-7-13(22)18(15)23)29-20(26)25-14-8-4-6-12(21)11(14)2/h4-9,16H,3,10H2,1-2H3,(H,24,27). The highest BCUT2D eigenvalue weighted by Crippen LogP contribution is 2.34. The lowest BCUT2D eigenvalue weighted by Crippen LogP contribution is -2.33. The predicted octanol–water partition coefficient (Wildman–Crippen LogP) is 5.94. The Bertz CT molecular complexity index is 997. The van der Waals surface area contributed by atoms with E-state index in [9.17, 15) is 9.59 Å². The number of halogens is 3. The molecule has 1 N–H and O–H groups in total. The number of aliphatic imine (C=N–C) groups is 1. The van der Waals surface area contributed by atoms with Gasteiger partial charge in [-0.05, 0) is 43.7 Å². The number of thioether (sulfide) groups is 1. The Morgan fingerprint density at radius 3 is 2.59 bits per heavy atom. The van der Waals surface area contributed by atoms with Gasteiger partial charge in [-0.15, -0.1) is 0 Å². The lowest BCUT2D eigenvalue weighted by Gasteiger charge is -2.14. The second kappa shape index (κ2) is 9.39. The molecule has 9 heteroatoms. The van der Waals surface area contributed by atoms with Crippen LogP contribution in [-0.4, -0.2) is 33.7 Å². The average Bonchev–Trinajstić information content (AvgIpc) is 2.97. The normalized spacial score (nSPS) is 17.8. The molecule has 5 nitrogen and oxygen atoms in total. The number of amides is 2. The van der Waals surface area contributed by atoms with Crippen LogP contribution in [0.1, 0.15) is 18.9 Å². The summed E-state index contributed by atoms with van der Waals surface area (Å²) in [5, 5.41) is 3.93. The fourth-order valence-corrected chi connectivity index (χ4v) is 4.54. The minimum absolute atomic E-state index is 0.00358.